The highest BCUT2D eigenvalue weighted by atomic mass is 35.5. The van der Waals surface area contributed by atoms with E-state index >= 15 is 0 Å². The van der Waals surface area contributed by atoms with Gasteiger partial charge in [-0.15, -0.1) is 0 Å². The van der Waals surface area contributed by atoms with Crippen LogP contribution in [0.2, 0.25) is 5.15 Å². The predicted molar refractivity (Wildman–Crippen MR) is 242 cm³/mol. The number of carbonyl (C=O) groups is 2. The van der Waals surface area contributed by atoms with Gasteiger partial charge < -0.3 is 20.5 Å². The number of phenolic OH excluding ortho intramolecular Hbond substituents is 1. The Morgan fingerprint density at radius 2 is 1.25 bits per heavy atom. The Kier molecular flexibility index (Phi) is 14.0. The van der Waals surface area contributed by atoms with Crippen LogP contribution >= 0.6 is 23.4 Å². The smallest absolute Gasteiger partial charge is 0.390 e. The molecule has 2 fully saturated rings. The summed E-state index contributed by atoms with van der Waals surface area (Å²) in [7, 11) is 1.50. The summed E-state index contributed by atoms with van der Waals surface area (Å²) in [6, 6.07) is 22.5. The molecule has 0 spiro atoms. The van der Waals surface area contributed by atoms with Gasteiger partial charge in [0, 0.05) is 59.1 Å². The lowest BCUT2D eigenvalue weighted by Crippen LogP contribution is -2.15. The molecule has 2 saturated carbocycles. The average molecular weight is 965 g/mol. The highest BCUT2D eigenvalue weighted by molar-refractivity contribution is 7.99. The molecule has 0 atom stereocenters. The van der Waals surface area contributed by atoms with Crippen LogP contribution in [0.1, 0.15) is 72.1 Å². The summed E-state index contributed by atoms with van der Waals surface area (Å²) in [5.41, 5.74) is 4.46. The molecule has 0 amide bonds. The second-order valence-corrected chi connectivity index (χ2v) is 17.8. The van der Waals surface area contributed by atoms with Crippen molar-refractivity contribution < 1.29 is 45.8 Å². The van der Waals surface area contributed by atoms with Crippen LogP contribution in [0.3, 0.4) is 0 Å². The number of rotatable bonds is 17. The summed E-state index contributed by atoms with van der Waals surface area (Å²) in [4.78, 5) is 34.5. The van der Waals surface area contributed by atoms with E-state index in [0.29, 0.717) is 91.8 Å². The lowest BCUT2D eigenvalue weighted by atomic mass is 10.0. The number of ketones is 2. The highest BCUT2D eigenvalue weighted by Crippen LogP contribution is 2.39. The van der Waals surface area contributed by atoms with Gasteiger partial charge in [0.15, 0.2) is 28.0 Å². The Balaban J connectivity index is 0.000000184. The van der Waals surface area contributed by atoms with Gasteiger partial charge in [0.25, 0.3) is 0 Å². The molecule has 67 heavy (non-hydrogen) atoms. The first kappa shape index (κ1) is 47.2. The van der Waals surface area contributed by atoms with Gasteiger partial charge in [-0.2, -0.15) is 36.5 Å². The molecule has 2 aliphatic carbocycles. The zero-order chi connectivity index (χ0) is 47.5. The number of nitrogens with zero attached hydrogens (tertiary/aromatic N) is 6. The third-order valence-electron chi connectivity index (χ3n) is 11.0. The molecule has 0 aliphatic heterocycles. The molecule has 3 aromatic carbocycles. The third kappa shape index (κ3) is 12.2. The molecule has 350 valence electrons. The summed E-state index contributed by atoms with van der Waals surface area (Å²) in [5.74, 6) is 1.36. The second-order valence-electron chi connectivity index (χ2n) is 16.3. The Bertz CT molecular complexity index is 2920. The van der Waals surface area contributed by atoms with Crippen molar-refractivity contribution in [3.05, 3.63) is 108 Å². The van der Waals surface area contributed by atoms with Crippen molar-refractivity contribution >= 4 is 57.6 Å². The lowest BCUT2D eigenvalue weighted by molar-refractivity contribution is -0.132. The molecule has 4 aromatic heterocycles. The summed E-state index contributed by atoms with van der Waals surface area (Å²) in [5, 5.41) is 25.8. The molecule has 20 heteroatoms. The normalized spacial score (nSPS) is 13.9. The maximum atomic E-state index is 12.7. The highest BCUT2D eigenvalue weighted by Gasteiger charge is 2.29. The molecule has 4 heterocycles. The fraction of sp³-hybridized carbons (Fsp3) is 0.319. The van der Waals surface area contributed by atoms with Gasteiger partial charge >= 0.3 is 12.4 Å². The number of aromatic nitrogens is 6. The number of ether oxygens (including phenoxy) is 1. The number of benzene rings is 3. The number of hydrogen-bond acceptors (Lipinski definition) is 11. The first-order valence-electron chi connectivity index (χ1n) is 21.4. The molecular weight excluding hydrogens is 922 g/mol. The Morgan fingerprint density at radius 3 is 1.79 bits per heavy atom. The summed E-state index contributed by atoms with van der Waals surface area (Å²) in [6.07, 6.45) is -2.18. The van der Waals surface area contributed by atoms with Gasteiger partial charge in [-0.05, 0) is 80.0 Å². The van der Waals surface area contributed by atoms with Crippen molar-refractivity contribution in [3.8, 4) is 34.0 Å². The van der Waals surface area contributed by atoms with Crippen LogP contribution in [0, 0.1) is 11.8 Å². The SMILES string of the molecule is COc1cc(C(=O)CC2CC2)ccc1-c1cnc2c(NCCC(F)(F)F)cc(Cl)nn12.O=C(CC1CC1)c1ccc(-c2cnc3c(NCCC(F)(F)F)cc(Sc4ccccc4)nn23)c(O)c1. The van der Waals surface area contributed by atoms with Gasteiger partial charge in [0.2, 0.25) is 0 Å². The number of halogens is 7. The molecule has 7 aromatic rings. The molecule has 9 rings (SSSR count). The van der Waals surface area contributed by atoms with Crippen LogP contribution in [-0.4, -0.2) is 78.4 Å². The number of nitrogens with one attached hydrogen (secondary N) is 2. The number of aromatic hydroxyl groups is 1. The maximum Gasteiger partial charge on any atom is 0.390 e. The van der Waals surface area contributed by atoms with Crippen LogP contribution in [-0.2, 0) is 0 Å². The summed E-state index contributed by atoms with van der Waals surface area (Å²) < 4.78 is 84.1. The zero-order valence-electron chi connectivity index (χ0n) is 35.8. The molecule has 0 bridgehead atoms. The van der Waals surface area contributed by atoms with E-state index in [0.717, 1.165) is 30.6 Å². The monoisotopic (exact) mass is 964 g/mol. The van der Waals surface area contributed by atoms with Gasteiger partial charge in [-0.3, -0.25) is 9.59 Å². The first-order valence-corrected chi connectivity index (χ1v) is 22.6. The van der Waals surface area contributed by atoms with Crippen LogP contribution in [0.25, 0.3) is 33.8 Å². The van der Waals surface area contributed by atoms with Crippen LogP contribution in [0.5, 0.6) is 11.5 Å². The fourth-order valence-electron chi connectivity index (χ4n) is 7.25. The van der Waals surface area contributed by atoms with Crippen molar-refractivity contribution in [1.82, 2.24) is 29.2 Å². The number of methoxy groups -OCH3 is 1. The van der Waals surface area contributed by atoms with Crippen molar-refractivity contribution in [2.75, 3.05) is 30.8 Å². The topological polar surface area (TPSA) is 148 Å². The standard InChI is InChI=1S/C26H23F3N4O2S.C21H20ClF3N4O2/c27-26(28,29)10-11-30-20-14-24(36-18-4-2-1-3-5-18)32-33-21(15-31-25(20)33)19-9-8-17(13-23(19)35)22(34)12-16-6-7-16;1-31-18-9-13(17(30)8-12-2-3-12)4-5-14(18)16-11-27-20-15(10-19(22)28-29(16)20)26-7-6-21(23,24)25/h1-5,8-9,13-16,30,35H,6-7,10-12H2;4-5,9-12,26H,2-3,6-8H2,1H3. The van der Waals surface area contributed by atoms with Gasteiger partial charge in [0.1, 0.15) is 16.5 Å². The van der Waals surface area contributed by atoms with E-state index in [-0.39, 0.29) is 35.6 Å². The number of fused-ring (bicyclic) bond motifs is 2. The molecule has 0 radical (unpaired) electrons. The van der Waals surface area contributed by atoms with Crippen molar-refractivity contribution in [3.63, 3.8) is 0 Å². The lowest BCUT2D eigenvalue weighted by Gasteiger charge is -2.12. The molecule has 3 N–H and O–H groups in total. The van der Waals surface area contributed by atoms with Crippen molar-refractivity contribution in [2.24, 2.45) is 11.8 Å². The van der Waals surface area contributed by atoms with Crippen LogP contribution in [0.4, 0.5) is 37.7 Å². The molecule has 12 nitrogen and oxygen atoms in total. The minimum atomic E-state index is -4.29. The summed E-state index contributed by atoms with van der Waals surface area (Å²) >= 11 is 7.46. The van der Waals surface area contributed by atoms with E-state index in [2.05, 4.69) is 30.8 Å². The average Bonchev–Trinajstić information content (AvgIpc) is 4.20. The quantitative estimate of drug-likeness (QED) is 0.0592. The Morgan fingerprint density at radius 1 is 0.731 bits per heavy atom. The van der Waals surface area contributed by atoms with Crippen LogP contribution < -0.4 is 15.4 Å². The van der Waals surface area contributed by atoms with Gasteiger partial charge in [-0.1, -0.05) is 53.7 Å². The second kappa shape index (κ2) is 19.9. The molecular formula is C47H43ClF6N8O4S. The van der Waals surface area contributed by atoms with E-state index in [9.17, 15) is 41.0 Å². The van der Waals surface area contributed by atoms with E-state index < -0.39 is 25.2 Å². The van der Waals surface area contributed by atoms with E-state index in [4.69, 9.17) is 16.3 Å². The third-order valence-corrected chi connectivity index (χ3v) is 12.1. The fourth-order valence-corrected chi connectivity index (χ4v) is 8.27. The minimum Gasteiger partial charge on any atom is -0.507 e. The molecule has 0 unspecified atom stereocenters. The van der Waals surface area contributed by atoms with Gasteiger partial charge in [-0.25, -0.2) is 19.0 Å². The number of Topliss-reactive ketones (excluding diaryl/α,β-unsaturated/α-hetero) is 2. The number of alkyl halides is 6. The predicted octanol–water partition coefficient (Wildman–Crippen LogP) is 12.0. The first-order chi connectivity index (χ1) is 32.0. The van der Waals surface area contributed by atoms with Crippen molar-refractivity contribution in [1.29, 1.82) is 0 Å². The number of anilines is 2. The van der Waals surface area contributed by atoms with Crippen molar-refractivity contribution in [2.45, 2.75) is 73.6 Å². The van der Waals surface area contributed by atoms with E-state index in [1.807, 2.05) is 30.3 Å². The van der Waals surface area contributed by atoms with E-state index in [1.165, 1.54) is 52.4 Å². The van der Waals surface area contributed by atoms with E-state index in [1.54, 1.807) is 36.4 Å². The Labute approximate surface area is 389 Å². The van der Waals surface area contributed by atoms with Gasteiger partial charge in [0.05, 0.1) is 55.1 Å². The minimum absolute atomic E-state index is 0.00619. The largest absolute Gasteiger partial charge is 0.507 e. The maximum absolute atomic E-state index is 12.7. The van der Waals surface area contributed by atoms with Crippen LogP contribution in [0.15, 0.2) is 101 Å². The zero-order valence-corrected chi connectivity index (χ0v) is 37.4. The number of hydrogen-bond donors (Lipinski definition) is 3. The Hall–Kier alpha value is -6.34. The summed E-state index contributed by atoms with van der Waals surface area (Å²) in [6.45, 7) is -0.632. The molecule has 2 aliphatic rings. The number of phenols is 1. The number of carbonyl (C=O) groups excluding carboxylic acids is 2. The molecule has 0 saturated heterocycles. The number of imidazole rings is 2.